The van der Waals surface area contributed by atoms with Gasteiger partial charge in [-0.2, -0.15) is 0 Å². The van der Waals surface area contributed by atoms with Gasteiger partial charge in [0.25, 0.3) is 5.88 Å². The highest BCUT2D eigenvalue weighted by atomic mass is 35.5. The Bertz CT molecular complexity index is 523. The molecule has 0 saturated carbocycles. The Morgan fingerprint density at radius 1 is 1.56 bits per heavy atom. The van der Waals surface area contributed by atoms with Gasteiger partial charge in [-0.1, -0.05) is 11.6 Å². The molecule has 84 valence electrons. The summed E-state index contributed by atoms with van der Waals surface area (Å²) in [7, 11) is 0. The molecule has 0 aliphatic heterocycles. The topological polar surface area (TPSA) is 61.6 Å². The third-order valence-electron chi connectivity index (χ3n) is 1.84. The van der Waals surface area contributed by atoms with Crippen molar-refractivity contribution in [3.63, 3.8) is 0 Å². The predicted molar refractivity (Wildman–Crippen MR) is 56.7 cm³/mol. The average molecular weight is 242 g/mol. The molecule has 2 aromatic rings. The van der Waals surface area contributed by atoms with Crippen molar-refractivity contribution in [2.45, 2.75) is 6.92 Å². The van der Waals surface area contributed by atoms with Crippen molar-refractivity contribution >= 4 is 28.7 Å². The minimum atomic E-state index is -0.822. The number of fused-ring (bicyclic) bond motifs is 1. The molecule has 0 atom stereocenters. The number of nitrogens with zero attached hydrogens (tertiary/aromatic N) is 1. The molecular weight excluding hydrogens is 234 g/mol. The largest absolute Gasteiger partial charge is 0.515 e. The van der Waals surface area contributed by atoms with Gasteiger partial charge in [0.05, 0.1) is 12.0 Å². The SMILES string of the molecule is CCOC(=O)Oc1noc2ccc(Cl)cc12. The third kappa shape index (κ3) is 2.09. The van der Waals surface area contributed by atoms with Crippen molar-refractivity contribution in [2.75, 3.05) is 6.61 Å². The molecular formula is C10H8ClNO4. The van der Waals surface area contributed by atoms with Gasteiger partial charge in [0.15, 0.2) is 5.58 Å². The van der Waals surface area contributed by atoms with Crippen LogP contribution in [-0.2, 0) is 4.74 Å². The lowest BCUT2D eigenvalue weighted by Crippen LogP contribution is -2.10. The van der Waals surface area contributed by atoms with E-state index in [1.807, 2.05) is 0 Å². The van der Waals surface area contributed by atoms with Gasteiger partial charge >= 0.3 is 6.16 Å². The van der Waals surface area contributed by atoms with Crippen LogP contribution in [0.4, 0.5) is 4.79 Å². The lowest BCUT2D eigenvalue weighted by atomic mass is 10.3. The van der Waals surface area contributed by atoms with Gasteiger partial charge in [-0.15, -0.1) is 0 Å². The Morgan fingerprint density at radius 3 is 3.12 bits per heavy atom. The number of carbonyl (C=O) groups excluding carboxylic acids is 1. The Labute approximate surface area is 95.9 Å². The van der Waals surface area contributed by atoms with Crippen molar-refractivity contribution in [3.05, 3.63) is 23.2 Å². The number of ether oxygens (including phenoxy) is 2. The second-order valence-electron chi connectivity index (χ2n) is 2.91. The van der Waals surface area contributed by atoms with Crippen LogP contribution in [-0.4, -0.2) is 17.9 Å². The highest BCUT2D eigenvalue weighted by Gasteiger charge is 2.14. The Kier molecular flexibility index (Phi) is 2.96. The van der Waals surface area contributed by atoms with E-state index < -0.39 is 6.16 Å². The summed E-state index contributed by atoms with van der Waals surface area (Å²) < 4.78 is 14.4. The molecule has 0 saturated heterocycles. The first kappa shape index (κ1) is 10.8. The summed E-state index contributed by atoms with van der Waals surface area (Å²) in [5, 5.41) is 4.63. The van der Waals surface area contributed by atoms with E-state index in [-0.39, 0.29) is 12.5 Å². The Hall–Kier alpha value is -1.75. The van der Waals surface area contributed by atoms with Crippen LogP contribution in [0.2, 0.25) is 5.02 Å². The molecule has 1 aromatic heterocycles. The zero-order valence-electron chi connectivity index (χ0n) is 8.40. The smallest absolute Gasteiger partial charge is 0.434 e. The van der Waals surface area contributed by atoms with E-state index in [4.69, 9.17) is 20.9 Å². The molecule has 0 aliphatic rings. The van der Waals surface area contributed by atoms with Gasteiger partial charge in [0.1, 0.15) is 0 Å². The van der Waals surface area contributed by atoms with Crippen LogP contribution in [0.1, 0.15) is 6.92 Å². The zero-order valence-corrected chi connectivity index (χ0v) is 9.15. The molecule has 5 nitrogen and oxygen atoms in total. The van der Waals surface area contributed by atoms with E-state index in [2.05, 4.69) is 9.89 Å². The summed E-state index contributed by atoms with van der Waals surface area (Å²) in [6, 6.07) is 4.90. The molecule has 16 heavy (non-hydrogen) atoms. The second-order valence-corrected chi connectivity index (χ2v) is 3.35. The number of aromatic nitrogens is 1. The van der Waals surface area contributed by atoms with E-state index >= 15 is 0 Å². The van der Waals surface area contributed by atoms with Crippen molar-refractivity contribution in [1.82, 2.24) is 5.16 Å². The van der Waals surface area contributed by atoms with E-state index in [9.17, 15) is 4.79 Å². The van der Waals surface area contributed by atoms with Crippen LogP contribution in [0.15, 0.2) is 22.7 Å². The Balaban J connectivity index is 2.30. The standard InChI is InChI=1S/C10H8ClNO4/c1-2-14-10(13)15-9-7-5-6(11)3-4-8(7)16-12-9/h3-5H,2H2,1H3. The van der Waals surface area contributed by atoms with Crippen LogP contribution < -0.4 is 4.74 Å². The molecule has 0 N–H and O–H groups in total. The highest BCUT2D eigenvalue weighted by Crippen LogP contribution is 2.27. The lowest BCUT2D eigenvalue weighted by Gasteiger charge is -1.99. The minimum absolute atomic E-state index is 0.0518. The summed E-state index contributed by atoms with van der Waals surface area (Å²) in [6.45, 7) is 1.91. The monoisotopic (exact) mass is 241 g/mol. The molecule has 2 rings (SSSR count). The molecule has 0 bridgehead atoms. The molecule has 0 unspecified atom stereocenters. The summed E-state index contributed by atoms with van der Waals surface area (Å²) in [5.74, 6) is 0.0518. The predicted octanol–water partition coefficient (Wildman–Crippen LogP) is 3.02. The van der Waals surface area contributed by atoms with E-state index in [0.717, 1.165) is 0 Å². The molecule has 0 fully saturated rings. The van der Waals surface area contributed by atoms with Crippen LogP contribution in [0.5, 0.6) is 5.88 Å². The van der Waals surface area contributed by atoms with Crippen molar-refractivity contribution in [3.8, 4) is 5.88 Å². The average Bonchev–Trinajstić information content (AvgIpc) is 2.61. The maximum Gasteiger partial charge on any atom is 0.515 e. The summed E-state index contributed by atoms with van der Waals surface area (Å²) in [5.41, 5.74) is 0.490. The van der Waals surface area contributed by atoms with Gasteiger partial charge in [-0.25, -0.2) is 4.79 Å². The molecule has 0 amide bonds. The number of halogens is 1. The fourth-order valence-corrected chi connectivity index (χ4v) is 1.36. The maximum absolute atomic E-state index is 11.1. The first-order valence-electron chi connectivity index (χ1n) is 4.60. The lowest BCUT2D eigenvalue weighted by molar-refractivity contribution is 0.101. The first-order valence-corrected chi connectivity index (χ1v) is 4.98. The van der Waals surface area contributed by atoms with Crippen LogP contribution in [0, 0.1) is 0 Å². The van der Waals surface area contributed by atoms with E-state index in [1.165, 1.54) is 0 Å². The number of carbonyl (C=O) groups is 1. The van der Waals surface area contributed by atoms with E-state index in [0.29, 0.717) is 16.0 Å². The van der Waals surface area contributed by atoms with Crippen molar-refractivity contribution in [2.24, 2.45) is 0 Å². The number of rotatable bonds is 2. The highest BCUT2D eigenvalue weighted by molar-refractivity contribution is 6.31. The molecule has 1 aromatic carbocycles. The number of hydrogen-bond donors (Lipinski definition) is 0. The van der Waals surface area contributed by atoms with Crippen LogP contribution in [0.3, 0.4) is 0 Å². The molecule has 0 spiro atoms. The van der Waals surface area contributed by atoms with Crippen LogP contribution >= 0.6 is 11.6 Å². The summed E-state index contributed by atoms with van der Waals surface area (Å²) in [6.07, 6.45) is -0.822. The quantitative estimate of drug-likeness (QED) is 0.757. The molecule has 0 aliphatic carbocycles. The van der Waals surface area contributed by atoms with Crippen molar-refractivity contribution in [1.29, 1.82) is 0 Å². The number of benzene rings is 1. The summed E-state index contributed by atoms with van der Waals surface area (Å²) >= 11 is 5.80. The third-order valence-corrected chi connectivity index (χ3v) is 2.08. The van der Waals surface area contributed by atoms with Gasteiger partial charge in [0.2, 0.25) is 0 Å². The van der Waals surface area contributed by atoms with Gasteiger partial charge < -0.3 is 14.0 Å². The first-order chi connectivity index (χ1) is 7.70. The van der Waals surface area contributed by atoms with Gasteiger partial charge in [0, 0.05) is 5.02 Å². The van der Waals surface area contributed by atoms with Crippen molar-refractivity contribution < 1.29 is 18.8 Å². The second kappa shape index (κ2) is 4.40. The normalized spacial score (nSPS) is 10.4. The Morgan fingerprint density at radius 2 is 2.38 bits per heavy atom. The van der Waals surface area contributed by atoms with Gasteiger partial charge in [-0.05, 0) is 30.3 Å². The fraction of sp³-hybridized carbons (Fsp3) is 0.200. The molecule has 6 heteroatoms. The maximum atomic E-state index is 11.1. The van der Waals surface area contributed by atoms with Crippen LogP contribution in [0.25, 0.3) is 11.0 Å². The minimum Gasteiger partial charge on any atom is -0.434 e. The molecule has 0 radical (unpaired) electrons. The number of hydrogen-bond acceptors (Lipinski definition) is 5. The van der Waals surface area contributed by atoms with Gasteiger partial charge in [-0.3, -0.25) is 0 Å². The molecule has 1 heterocycles. The fourth-order valence-electron chi connectivity index (χ4n) is 1.19. The zero-order chi connectivity index (χ0) is 11.5. The summed E-state index contributed by atoms with van der Waals surface area (Å²) in [4.78, 5) is 11.1. The van der Waals surface area contributed by atoms with E-state index in [1.54, 1.807) is 25.1 Å².